The molecule has 0 saturated carbocycles. The van der Waals surface area contributed by atoms with Crippen molar-refractivity contribution in [2.75, 3.05) is 0 Å². The fourth-order valence-corrected chi connectivity index (χ4v) is 2.40. The average molecular weight is 212 g/mol. The Labute approximate surface area is 93.9 Å². The normalized spacial score (nSPS) is 19.5. The highest BCUT2D eigenvalue weighted by molar-refractivity contribution is 5.96. The number of hydrogen-bond acceptors (Lipinski definition) is 2. The topological polar surface area (TPSA) is 30.2 Å². The number of carbonyl (C=O) groups is 1. The molecular weight excluding hydrogens is 200 g/mol. The quantitative estimate of drug-likeness (QED) is 0.725. The van der Waals surface area contributed by atoms with Crippen LogP contribution in [0.2, 0.25) is 0 Å². The van der Waals surface area contributed by atoms with E-state index in [1.807, 2.05) is 24.3 Å². The molecule has 0 N–H and O–H groups in total. The van der Waals surface area contributed by atoms with Gasteiger partial charge in [0.05, 0.1) is 6.26 Å². The first-order valence-corrected chi connectivity index (χ1v) is 5.52. The molecule has 1 aromatic heterocycles. The lowest BCUT2D eigenvalue weighted by molar-refractivity contribution is 0.0940. The van der Waals surface area contributed by atoms with Crippen LogP contribution in [-0.2, 0) is 0 Å². The van der Waals surface area contributed by atoms with Gasteiger partial charge in [-0.1, -0.05) is 30.3 Å². The third-order valence-corrected chi connectivity index (χ3v) is 3.19. The maximum absolute atomic E-state index is 11.6. The van der Waals surface area contributed by atoms with Crippen molar-refractivity contribution >= 4 is 5.78 Å². The zero-order valence-electron chi connectivity index (χ0n) is 8.85. The third-order valence-electron chi connectivity index (χ3n) is 3.19. The maximum Gasteiger partial charge on any atom is 0.198 e. The molecule has 0 bridgehead atoms. The number of carbonyl (C=O) groups excluding carboxylic acids is 1. The van der Waals surface area contributed by atoms with E-state index in [-0.39, 0.29) is 5.78 Å². The highest BCUT2D eigenvalue weighted by Gasteiger charge is 2.29. The van der Waals surface area contributed by atoms with Gasteiger partial charge in [0.1, 0.15) is 0 Å². The SMILES string of the molecule is O=C1CCC(c2ccccc2)c2ccoc21. The monoisotopic (exact) mass is 212 g/mol. The third kappa shape index (κ3) is 1.38. The first-order chi connectivity index (χ1) is 7.86. The Bertz CT molecular complexity index is 511. The lowest BCUT2D eigenvalue weighted by atomic mass is 9.82. The van der Waals surface area contributed by atoms with Crippen molar-refractivity contribution in [1.29, 1.82) is 0 Å². The van der Waals surface area contributed by atoms with E-state index >= 15 is 0 Å². The second-order valence-corrected chi connectivity index (χ2v) is 4.13. The first-order valence-electron chi connectivity index (χ1n) is 5.52. The maximum atomic E-state index is 11.6. The van der Waals surface area contributed by atoms with Crippen LogP contribution in [-0.4, -0.2) is 5.78 Å². The summed E-state index contributed by atoms with van der Waals surface area (Å²) in [5.74, 6) is 1.000. The standard InChI is InChI=1S/C14H12O2/c15-13-7-6-11(10-4-2-1-3-5-10)12-8-9-16-14(12)13/h1-5,8-9,11H,6-7H2. The lowest BCUT2D eigenvalue weighted by Gasteiger charge is -2.20. The Balaban J connectivity index is 2.07. The summed E-state index contributed by atoms with van der Waals surface area (Å²) >= 11 is 0. The minimum Gasteiger partial charge on any atom is -0.461 e. The molecule has 80 valence electrons. The minimum atomic E-state index is 0.132. The molecule has 0 saturated heterocycles. The molecule has 0 fully saturated rings. The highest BCUT2D eigenvalue weighted by atomic mass is 16.3. The van der Waals surface area contributed by atoms with Crippen LogP contribution in [0.5, 0.6) is 0 Å². The Morgan fingerprint density at radius 1 is 1.12 bits per heavy atom. The summed E-state index contributed by atoms with van der Waals surface area (Å²) in [6, 6.07) is 12.2. The van der Waals surface area contributed by atoms with E-state index in [4.69, 9.17) is 4.42 Å². The predicted octanol–water partition coefficient (Wildman–Crippen LogP) is 3.39. The number of hydrogen-bond donors (Lipinski definition) is 0. The van der Waals surface area contributed by atoms with Gasteiger partial charge in [-0.05, 0) is 18.1 Å². The molecule has 2 heteroatoms. The Morgan fingerprint density at radius 2 is 1.94 bits per heavy atom. The molecule has 0 spiro atoms. The van der Waals surface area contributed by atoms with Crippen molar-refractivity contribution in [3.8, 4) is 0 Å². The van der Waals surface area contributed by atoms with Crippen LogP contribution < -0.4 is 0 Å². The largest absolute Gasteiger partial charge is 0.461 e. The predicted molar refractivity (Wildman–Crippen MR) is 60.6 cm³/mol. The lowest BCUT2D eigenvalue weighted by Crippen LogP contribution is -2.14. The molecule has 3 rings (SSSR count). The van der Waals surface area contributed by atoms with Gasteiger partial charge in [-0.2, -0.15) is 0 Å². The summed E-state index contributed by atoms with van der Waals surface area (Å²) < 4.78 is 5.27. The summed E-state index contributed by atoms with van der Waals surface area (Å²) in [5.41, 5.74) is 2.31. The summed E-state index contributed by atoms with van der Waals surface area (Å²) in [6.07, 6.45) is 3.08. The number of furan rings is 1. The van der Waals surface area contributed by atoms with E-state index in [0.29, 0.717) is 18.1 Å². The highest BCUT2D eigenvalue weighted by Crippen LogP contribution is 2.36. The Hall–Kier alpha value is -1.83. The van der Waals surface area contributed by atoms with E-state index in [1.165, 1.54) is 5.56 Å². The summed E-state index contributed by atoms with van der Waals surface area (Å²) in [4.78, 5) is 11.6. The minimum absolute atomic E-state index is 0.132. The van der Waals surface area contributed by atoms with E-state index in [9.17, 15) is 4.79 Å². The van der Waals surface area contributed by atoms with Gasteiger partial charge >= 0.3 is 0 Å². The van der Waals surface area contributed by atoms with Crippen LogP contribution in [0.15, 0.2) is 47.1 Å². The van der Waals surface area contributed by atoms with E-state index in [2.05, 4.69) is 12.1 Å². The molecule has 2 nitrogen and oxygen atoms in total. The summed E-state index contributed by atoms with van der Waals surface area (Å²) in [7, 11) is 0. The van der Waals surface area contributed by atoms with Gasteiger partial charge in [0.15, 0.2) is 11.5 Å². The van der Waals surface area contributed by atoms with Gasteiger partial charge in [-0.3, -0.25) is 4.79 Å². The fourth-order valence-electron chi connectivity index (χ4n) is 2.40. The van der Waals surface area contributed by atoms with Gasteiger partial charge in [-0.25, -0.2) is 0 Å². The van der Waals surface area contributed by atoms with Crippen LogP contribution >= 0.6 is 0 Å². The first kappa shape index (κ1) is 9.40. The molecule has 1 atom stereocenters. The summed E-state index contributed by atoms with van der Waals surface area (Å²) in [5, 5.41) is 0. The van der Waals surface area contributed by atoms with Gasteiger partial charge in [0.2, 0.25) is 0 Å². The van der Waals surface area contributed by atoms with Gasteiger partial charge in [-0.15, -0.1) is 0 Å². The molecule has 1 heterocycles. The molecule has 2 aromatic rings. The second-order valence-electron chi connectivity index (χ2n) is 4.13. The molecule has 1 aromatic carbocycles. The Kier molecular flexibility index (Phi) is 2.13. The molecule has 1 unspecified atom stereocenters. The van der Waals surface area contributed by atoms with E-state index < -0.39 is 0 Å². The molecule has 0 radical (unpaired) electrons. The molecule has 0 amide bonds. The van der Waals surface area contributed by atoms with Gasteiger partial charge in [0.25, 0.3) is 0 Å². The van der Waals surface area contributed by atoms with Crippen molar-refractivity contribution in [1.82, 2.24) is 0 Å². The Morgan fingerprint density at radius 3 is 2.75 bits per heavy atom. The molecule has 0 aliphatic heterocycles. The number of Topliss-reactive ketones (excluding diaryl/α,β-unsaturated/α-hetero) is 1. The van der Waals surface area contributed by atoms with E-state index in [1.54, 1.807) is 6.26 Å². The van der Waals surface area contributed by atoms with Gasteiger partial charge in [0, 0.05) is 17.9 Å². The molecule has 16 heavy (non-hydrogen) atoms. The number of fused-ring (bicyclic) bond motifs is 1. The van der Waals surface area contributed by atoms with Crippen molar-refractivity contribution in [2.45, 2.75) is 18.8 Å². The molecule has 1 aliphatic rings. The van der Waals surface area contributed by atoms with Crippen molar-refractivity contribution in [3.63, 3.8) is 0 Å². The smallest absolute Gasteiger partial charge is 0.198 e. The van der Waals surface area contributed by atoms with Crippen LogP contribution in [0, 0.1) is 0 Å². The number of rotatable bonds is 1. The van der Waals surface area contributed by atoms with E-state index in [0.717, 1.165) is 12.0 Å². The fraction of sp³-hybridized carbons (Fsp3) is 0.214. The number of benzene rings is 1. The van der Waals surface area contributed by atoms with Crippen molar-refractivity contribution in [3.05, 3.63) is 59.5 Å². The van der Waals surface area contributed by atoms with Crippen molar-refractivity contribution in [2.24, 2.45) is 0 Å². The van der Waals surface area contributed by atoms with Crippen LogP contribution in [0.3, 0.4) is 0 Å². The molecule has 1 aliphatic carbocycles. The van der Waals surface area contributed by atoms with Crippen LogP contribution in [0.1, 0.15) is 40.4 Å². The zero-order chi connectivity index (χ0) is 11.0. The zero-order valence-corrected chi connectivity index (χ0v) is 8.85. The summed E-state index contributed by atoms with van der Waals surface area (Å²) in [6.45, 7) is 0. The number of ketones is 1. The van der Waals surface area contributed by atoms with Crippen molar-refractivity contribution < 1.29 is 9.21 Å². The van der Waals surface area contributed by atoms with Gasteiger partial charge < -0.3 is 4.42 Å². The molecular formula is C14H12O2. The average Bonchev–Trinajstić information content (AvgIpc) is 2.81. The van der Waals surface area contributed by atoms with Crippen LogP contribution in [0.25, 0.3) is 0 Å². The second kappa shape index (κ2) is 3.63. The van der Waals surface area contributed by atoms with Crippen LogP contribution in [0.4, 0.5) is 0 Å².